The molecule has 78 valence electrons. The van der Waals surface area contributed by atoms with Crippen LogP contribution >= 0.6 is 0 Å². The molecule has 1 N–H and O–H groups in total. The van der Waals surface area contributed by atoms with Crippen LogP contribution in [0.1, 0.15) is 5.56 Å². The minimum atomic E-state index is 0.0583. The van der Waals surface area contributed by atoms with E-state index in [0.29, 0.717) is 6.61 Å². The molecule has 0 saturated carbocycles. The molecule has 0 spiro atoms. The Bertz CT molecular complexity index is 516. The lowest BCUT2D eigenvalue weighted by Crippen LogP contribution is -2.03. The number of nitrogens with one attached hydrogen (secondary N) is 1. The number of hydrogen-bond acceptors (Lipinski definition) is 2. The van der Waals surface area contributed by atoms with E-state index in [0.717, 1.165) is 22.9 Å². The van der Waals surface area contributed by atoms with Gasteiger partial charge in [-0.2, -0.15) is 0 Å². The lowest BCUT2D eigenvalue weighted by atomic mass is 10.1. The number of methoxy groups -OCH3 is 1. The third-order valence-electron chi connectivity index (χ3n) is 2.45. The molecular formula is C12H13NO2. The van der Waals surface area contributed by atoms with Crippen molar-refractivity contribution in [2.75, 3.05) is 13.7 Å². The molecule has 2 rings (SSSR count). The van der Waals surface area contributed by atoms with Crippen LogP contribution in [0.3, 0.4) is 0 Å². The molecule has 15 heavy (non-hydrogen) atoms. The summed E-state index contributed by atoms with van der Waals surface area (Å²) in [6.45, 7) is 0.663. The van der Waals surface area contributed by atoms with Crippen molar-refractivity contribution in [2.45, 2.75) is 6.42 Å². The van der Waals surface area contributed by atoms with Crippen molar-refractivity contribution < 1.29 is 4.74 Å². The van der Waals surface area contributed by atoms with Crippen LogP contribution in [0.2, 0.25) is 0 Å². The topological polar surface area (TPSA) is 42.1 Å². The Balaban J connectivity index is 2.56. The Morgan fingerprint density at radius 2 is 2.20 bits per heavy atom. The number of H-pyrrole nitrogens is 1. The molecule has 1 aromatic heterocycles. The van der Waals surface area contributed by atoms with Gasteiger partial charge < -0.3 is 9.72 Å². The summed E-state index contributed by atoms with van der Waals surface area (Å²) in [5.74, 6) is 0. The maximum absolute atomic E-state index is 11.6. The van der Waals surface area contributed by atoms with Gasteiger partial charge in [0, 0.05) is 24.8 Å². The molecule has 0 saturated heterocycles. The second-order valence-corrected chi connectivity index (χ2v) is 3.42. The number of fused-ring (bicyclic) bond motifs is 1. The fourth-order valence-corrected chi connectivity index (χ4v) is 1.69. The second-order valence-electron chi connectivity index (χ2n) is 3.42. The Labute approximate surface area is 87.7 Å². The molecule has 1 heterocycles. The normalized spacial score (nSPS) is 10.7. The zero-order valence-corrected chi connectivity index (χ0v) is 8.62. The van der Waals surface area contributed by atoms with Crippen molar-refractivity contribution in [1.29, 1.82) is 0 Å². The molecule has 0 fully saturated rings. The molecular weight excluding hydrogens is 190 g/mol. The number of benzene rings is 1. The molecule has 3 heteroatoms. The number of ether oxygens (including phenoxy) is 1. The van der Waals surface area contributed by atoms with Gasteiger partial charge in [0.05, 0.1) is 12.1 Å². The molecule has 3 nitrogen and oxygen atoms in total. The minimum absolute atomic E-state index is 0.0583. The number of pyridine rings is 1. The van der Waals surface area contributed by atoms with Gasteiger partial charge in [0.15, 0.2) is 5.43 Å². The number of aromatic nitrogens is 1. The van der Waals surface area contributed by atoms with Gasteiger partial charge in [-0.1, -0.05) is 12.1 Å². The van der Waals surface area contributed by atoms with E-state index in [-0.39, 0.29) is 5.43 Å². The van der Waals surface area contributed by atoms with Crippen LogP contribution in [0.5, 0.6) is 0 Å². The van der Waals surface area contributed by atoms with Gasteiger partial charge in [0.25, 0.3) is 0 Å². The quantitative estimate of drug-likeness (QED) is 0.825. The smallest absolute Gasteiger partial charge is 0.189 e. The highest BCUT2D eigenvalue weighted by molar-refractivity contribution is 5.81. The molecule has 0 unspecified atom stereocenters. The first-order chi connectivity index (χ1) is 7.33. The number of hydrogen-bond donors (Lipinski definition) is 1. The monoisotopic (exact) mass is 203 g/mol. The highest BCUT2D eigenvalue weighted by atomic mass is 16.5. The van der Waals surface area contributed by atoms with Crippen LogP contribution in [0, 0.1) is 0 Å². The van der Waals surface area contributed by atoms with Crippen LogP contribution in [-0.4, -0.2) is 18.7 Å². The standard InChI is InChI=1S/C12H13NO2/c1-15-8-6-9-3-2-4-10-11(14)5-7-13-12(9)10/h2-5,7H,6,8H2,1H3,(H,13,14). The molecule has 0 aliphatic rings. The third-order valence-corrected chi connectivity index (χ3v) is 2.45. The summed E-state index contributed by atoms with van der Waals surface area (Å²) in [6, 6.07) is 7.30. The average molecular weight is 203 g/mol. The molecule has 0 aliphatic carbocycles. The van der Waals surface area contributed by atoms with Gasteiger partial charge in [0.2, 0.25) is 0 Å². The van der Waals surface area contributed by atoms with Crippen LogP contribution in [0.4, 0.5) is 0 Å². The zero-order chi connectivity index (χ0) is 10.7. The average Bonchev–Trinajstić information content (AvgIpc) is 2.27. The molecule has 1 aromatic carbocycles. The number of rotatable bonds is 3. The van der Waals surface area contributed by atoms with Gasteiger partial charge >= 0.3 is 0 Å². The molecule has 0 amide bonds. The van der Waals surface area contributed by atoms with E-state index in [1.807, 2.05) is 18.2 Å². The first-order valence-electron chi connectivity index (χ1n) is 4.91. The van der Waals surface area contributed by atoms with Crippen molar-refractivity contribution in [3.8, 4) is 0 Å². The molecule has 0 aliphatic heterocycles. The zero-order valence-electron chi connectivity index (χ0n) is 8.62. The fourth-order valence-electron chi connectivity index (χ4n) is 1.69. The van der Waals surface area contributed by atoms with E-state index >= 15 is 0 Å². The van der Waals surface area contributed by atoms with Gasteiger partial charge in [-0.25, -0.2) is 0 Å². The second kappa shape index (κ2) is 4.28. The summed E-state index contributed by atoms with van der Waals surface area (Å²) < 4.78 is 5.03. The molecule has 0 atom stereocenters. The maximum Gasteiger partial charge on any atom is 0.189 e. The predicted octanol–water partition coefficient (Wildman–Crippen LogP) is 1.72. The van der Waals surface area contributed by atoms with Crippen LogP contribution < -0.4 is 5.43 Å². The van der Waals surface area contributed by atoms with Crippen LogP contribution in [0.15, 0.2) is 35.3 Å². The third kappa shape index (κ3) is 1.92. The fraction of sp³-hybridized carbons (Fsp3) is 0.250. The predicted molar refractivity (Wildman–Crippen MR) is 60.1 cm³/mol. The van der Waals surface area contributed by atoms with E-state index in [1.165, 1.54) is 0 Å². The lowest BCUT2D eigenvalue weighted by Gasteiger charge is -2.04. The molecule has 0 radical (unpaired) electrons. The summed E-state index contributed by atoms with van der Waals surface area (Å²) >= 11 is 0. The van der Waals surface area contributed by atoms with Gasteiger partial charge in [-0.15, -0.1) is 0 Å². The van der Waals surface area contributed by atoms with E-state index in [1.54, 1.807) is 19.4 Å². The van der Waals surface area contributed by atoms with E-state index in [9.17, 15) is 4.79 Å². The highest BCUT2D eigenvalue weighted by Gasteiger charge is 2.02. The van der Waals surface area contributed by atoms with Crippen molar-refractivity contribution in [2.24, 2.45) is 0 Å². The van der Waals surface area contributed by atoms with Gasteiger partial charge in [-0.05, 0) is 18.1 Å². The van der Waals surface area contributed by atoms with E-state index in [4.69, 9.17) is 4.74 Å². The molecule has 2 aromatic rings. The SMILES string of the molecule is COCCc1cccc2c(=O)cc[nH]c12. The van der Waals surface area contributed by atoms with Crippen molar-refractivity contribution in [3.63, 3.8) is 0 Å². The summed E-state index contributed by atoms with van der Waals surface area (Å²) in [4.78, 5) is 14.7. The Morgan fingerprint density at radius 3 is 3.00 bits per heavy atom. The van der Waals surface area contributed by atoms with Crippen molar-refractivity contribution >= 4 is 10.9 Å². The van der Waals surface area contributed by atoms with Gasteiger partial charge in [-0.3, -0.25) is 4.79 Å². The van der Waals surface area contributed by atoms with Gasteiger partial charge in [0.1, 0.15) is 0 Å². The lowest BCUT2D eigenvalue weighted by molar-refractivity contribution is 0.202. The van der Waals surface area contributed by atoms with E-state index in [2.05, 4.69) is 4.98 Å². The first kappa shape index (κ1) is 9.93. The summed E-state index contributed by atoms with van der Waals surface area (Å²) in [5, 5.41) is 0.742. The summed E-state index contributed by atoms with van der Waals surface area (Å²) in [5.41, 5.74) is 2.09. The summed E-state index contributed by atoms with van der Waals surface area (Å²) in [7, 11) is 1.67. The Hall–Kier alpha value is -1.61. The van der Waals surface area contributed by atoms with Crippen molar-refractivity contribution in [1.82, 2.24) is 4.98 Å². The highest BCUT2D eigenvalue weighted by Crippen LogP contribution is 2.13. The first-order valence-corrected chi connectivity index (χ1v) is 4.91. The van der Waals surface area contributed by atoms with Crippen molar-refractivity contribution in [3.05, 3.63) is 46.2 Å². The largest absolute Gasteiger partial charge is 0.384 e. The Morgan fingerprint density at radius 1 is 1.33 bits per heavy atom. The number of aromatic amines is 1. The minimum Gasteiger partial charge on any atom is -0.384 e. The number of para-hydroxylation sites is 1. The van der Waals surface area contributed by atoms with Crippen LogP contribution in [0.25, 0.3) is 10.9 Å². The Kier molecular flexibility index (Phi) is 2.83. The maximum atomic E-state index is 11.6. The van der Waals surface area contributed by atoms with Crippen LogP contribution in [-0.2, 0) is 11.2 Å². The summed E-state index contributed by atoms with van der Waals surface area (Å²) in [6.07, 6.45) is 2.49. The molecule has 0 bridgehead atoms. The van der Waals surface area contributed by atoms with E-state index < -0.39 is 0 Å².